The summed E-state index contributed by atoms with van der Waals surface area (Å²) in [6, 6.07) is 0. The van der Waals surface area contributed by atoms with Crippen LogP contribution in [-0.4, -0.2) is 25.2 Å². The molecule has 18 heavy (non-hydrogen) atoms. The van der Waals surface area contributed by atoms with Crippen molar-refractivity contribution in [3.8, 4) is 0 Å². The van der Waals surface area contributed by atoms with E-state index in [4.69, 9.17) is 4.74 Å². The van der Waals surface area contributed by atoms with Crippen LogP contribution in [0.25, 0.3) is 0 Å². The first-order valence-electron chi connectivity index (χ1n) is 6.43. The highest BCUT2D eigenvalue weighted by atomic mass is 16.5. The molecule has 0 aromatic carbocycles. The Morgan fingerprint density at radius 1 is 1.50 bits per heavy atom. The lowest BCUT2D eigenvalue weighted by Crippen LogP contribution is -2.22. The Bertz CT molecular complexity index is 509. The molecule has 0 saturated heterocycles. The van der Waals surface area contributed by atoms with Crippen LogP contribution in [0.3, 0.4) is 0 Å². The summed E-state index contributed by atoms with van der Waals surface area (Å²) in [5.41, 5.74) is 5.43. The Labute approximate surface area is 107 Å². The van der Waals surface area contributed by atoms with Gasteiger partial charge in [-0.2, -0.15) is 0 Å². The molecule has 1 heterocycles. The summed E-state index contributed by atoms with van der Waals surface area (Å²) < 4.78 is 5.65. The number of carbonyl (C=O) groups is 1. The van der Waals surface area contributed by atoms with Crippen molar-refractivity contribution in [2.45, 2.75) is 25.9 Å². The van der Waals surface area contributed by atoms with E-state index in [1.807, 2.05) is 0 Å². The minimum atomic E-state index is 0.0348. The van der Waals surface area contributed by atoms with Gasteiger partial charge in [-0.1, -0.05) is 24.3 Å². The Morgan fingerprint density at radius 2 is 2.39 bits per heavy atom. The number of hydrogen-bond donors (Lipinski definition) is 1. The predicted molar refractivity (Wildman–Crippen MR) is 70.0 cm³/mol. The molecule has 0 spiro atoms. The van der Waals surface area contributed by atoms with Gasteiger partial charge in [-0.25, -0.2) is 0 Å². The highest BCUT2D eigenvalue weighted by molar-refractivity contribution is 5.72. The van der Waals surface area contributed by atoms with Gasteiger partial charge in [0.25, 0.3) is 0 Å². The highest BCUT2D eigenvalue weighted by Crippen LogP contribution is 2.41. The number of nitrogens with one attached hydrogen (secondary N) is 1. The molecule has 3 heteroatoms. The number of ether oxygens (including phenoxy) is 1. The molecule has 1 aliphatic heterocycles. The normalized spacial score (nSPS) is 24.6. The second kappa shape index (κ2) is 4.58. The van der Waals surface area contributed by atoms with E-state index in [2.05, 4.69) is 29.6 Å². The zero-order valence-electron chi connectivity index (χ0n) is 10.5. The van der Waals surface area contributed by atoms with Crippen LogP contribution in [0.5, 0.6) is 0 Å². The van der Waals surface area contributed by atoms with E-state index in [0.717, 1.165) is 12.8 Å². The molecule has 1 atom stereocenters. The minimum Gasteiger partial charge on any atom is -0.365 e. The molecule has 0 fully saturated rings. The number of amides is 1. The summed E-state index contributed by atoms with van der Waals surface area (Å²) in [6.45, 7) is 2.97. The number of rotatable bonds is 3. The maximum Gasteiger partial charge on any atom is 0.216 e. The number of fused-ring (bicyclic) bond motifs is 2. The maximum atomic E-state index is 10.9. The van der Waals surface area contributed by atoms with E-state index >= 15 is 0 Å². The van der Waals surface area contributed by atoms with Gasteiger partial charge < -0.3 is 10.1 Å². The molecular weight excluding hydrogens is 226 g/mol. The molecule has 94 valence electrons. The van der Waals surface area contributed by atoms with Crippen LogP contribution in [-0.2, 0) is 9.53 Å². The summed E-state index contributed by atoms with van der Waals surface area (Å²) in [4.78, 5) is 10.9. The monoisotopic (exact) mass is 243 g/mol. The van der Waals surface area contributed by atoms with Crippen molar-refractivity contribution in [1.82, 2.24) is 5.32 Å². The second-order valence-electron chi connectivity index (χ2n) is 4.84. The summed E-state index contributed by atoms with van der Waals surface area (Å²) in [7, 11) is 0. The molecule has 3 aliphatic rings. The summed E-state index contributed by atoms with van der Waals surface area (Å²) in [5.74, 6) is 0.0348. The highest BCUT2D eigenvalue weighted by Gasteiger charge is 2.29. The van der Waals surface area contributed by atoms with E-state index in [1.54, 1.807) is 6.92 Å². The van der Waals surface area contributed by atoms with Crippen LogP contribution in [0.2, 0.25) is 0 Å². The predicted octanol–water partition coefficient (Wildman–Crippen LogP) is 2.03. The Balaban J connectivity index is 1.75. The van der Waals surface area contributed by atoms with Gasteiger partial charge in [-0.15, -0.1) is 0 Å². The van der Waals surface area contributed by atoms with Crippen molar-refractivity contribution < 1.29 is 9.53 Å². The molecule has 1 unspecified atom stereocenters. The molecule has 3 nitrogen and oxygen atoms in total. The third kappa shape index (κ3) is 1.95. The molecule has 1 amide bonds. The zero-order chi connectivity index (χ0) is 12.5. The molecular formula is C15H17NO2. The number of allylic oxidation sites excluding steroid dienone is 3. The first-order chi connectivity index (χ1) is 8.75. The van der Waals surface area contributed by atoms with Gasteiger partial charge in [0.15, 0.2) is 0 Å². The maximum absolute atomic E-state index is 10.9. The fourth-order valence-electron chi connectivity index (χ4n) is 2.82. The SMILES string of the molecule is CC(=O)NCCC1=CCC2=C1C1=CCOC1C=C2. The fourth-order valence-corrected chi connectivity index (χ4v) is 2.82. The molecule has 2 aliphatic carbocycles. The van der Waals surface area contributed by atoms with Crippen molar-refractivity contribution in [1.29, 1.82) is 0 Å². The smallest absolute Gasteiger partial charge is 0.216 e. The Morgan fingerprint density at radius 3 is 3.22 bits per heavy atom. The molecule has 0 aromatic rings. The Hall–Kier alpha value is -1.61. The lowest BCUT2D eigenvalue weighted by molar-refractivity contribution is -0.118. The van der Waals surface area contributed by atoms with E-state index in [-0.39, 0.29) is 12.0 Å². The van der Waals surface area contributed by atoms with E-state index in [9.17, 15) is 4.79 Å². The van der Waals surface area contributed by atoms with Crippen LogP contribution in [0, 0.1) is 0 Å². The van der Waals surface area contributed by atoms with Crippen LogP contribution >= 0.6 is 0 Å². The van der Waals surface area contributed by atoms with Crippen LogP contribution in [0.15, 0.2) is 46.6 Å². The van der Waals surface area contributed by atoms with Crippen molar-refractivity contribution in [2.24, 2.45) is 0 Å². The first kappa shape index (κ1) is 11.5. The standard InChI is InChI=1S/C15H17NO2/c1-10(17)16-8-6-12-3-2-11-4-5-14-13(15(11)12)7-9-18-14/h3-5,7,14H,2,6,8-9H2,1H3,(H,16,17). The molecule has 0 aromatic heterocycles. The first-order valence-corrected chi connectivity index (χ1v) is 6.43. The summed E-state index contributed by atoms with van der Waals surface area (Å²) >= 11 is 0. The minimum absolute atomic E-state index is 0.0348. The van der Waals surface area contributed by atoms with Gasteiger partial charge >= 0.3 is 0 Å². The Kier molecular flexibility index (Phi) is 2.92. The zero-order valence-corrected chi connectivity index (χ0v) is 10.5. The number of hydrogen-bond acceptors (Lipinski definition) is 2. The molecule has 0 bridgehead atoms. The van der Waals surface area contributed by atoms with Crippen LogP contribution in [0.1, 0.15) is 19.8 Å². The van der Waals surface area contributed by atoms with E-state index in [0.29, 0.717) is 13.2 Å². The van der Waals surface area contributed by atoms with Gasteiger partial charge in [0.2, 0.25) is 5.91 Å². The van der Waals surface area contributed by atoms with Gasteiger partial charge in [-0.05, 0) is 35.1 Å². The van der Waals surface area contributed by atoms with Gasteiger partial charge in [0.1, 0.15) is 6.10 Å². The lowest BCUT2D eigenvalue weighted by Gasteiger charge is -2.20. The quantitative estimate of drug-likeness (QED) is 0.823. The van der Waals surface area contributed by atoms with Crippen LogP contribution in [0.4, 0.5) is 0 Å². The topological polar surface area (TPSA) is 38.3 Å². The average molecular weight is 243 g/mol. The summed E-state index contributed by atoms with van der Waals surface area (Å²) in [5, 5.41) is 2.86. The van der Waals surface area contributed by atoms with Crippen molar-refractivity contribution in [2.75, 3.05) is 13.2 Å². The lowest BCUT2D eigenvalue weighted by atomic mass is 9.88. The van der Waals surface area contributed by atoms with E-state index < -0.39 is 0 Å². The van der Waals surface area contributed by atoms with Gasteiger partial charge in [0.05, 0.1) is 6.61 Å². The number of carbonyl (C=O) groups excluding carboxylic acids is 1. The third-order valence-corrected chi connectivity index (χ3v) is 3.63. The summed E-state index contributed by atoms with van der Waals surface area (Å²) in [6.07, 6.45) is 10.8. The van der Waals surface area contributed by atoms with Crippen molar-refractivity contribution >= 4 is 5.91 Å². The van der Waals surface area contributed by atoms with Crippen molar-refractivity contribution in [3.05, 3.63) is 46.6 Å². The van der Waals surface area contributed by atoms with Crippen LogP contribution < -0.4 is 5.32 Å². The largest absolute Gasteiger partial charge is 0.365 e. The third-order valence-electron chi connectivity index (χ3n) is 3.63. The van der Waals surface area contributed by atoms with E-state index in [1.165, 1.54) is 22.3 Å². The van der Waals surface area contributed by atoms with Gasteiger partial charge in [-0.3, -0.25) is 4.79 Å². The van der Waals surface area contributed by atoms with Gasteiger partial charge in [0, 0.05) is 13.5 Å². The average Bonchev–Trinajstić information content (AvgIpc) is 2.93. The van der Waals surface area contributed by atoms with Crippen molar-refractivity contribution in [3.63, 3.8) is 0 Å². The fraction of sp³-hybridized carbons (Fsp3) is 0.400. The molecule has 0 radical (unpaired) electrons. The molecule has 3 rings (SSSR count). The molecule has 1 N–H and O–H groups in total. The molecule has 0 saturated carbocycles. The second-order valence-corrected chi connectivity index (χ2v) is 4.84.